The molecule has 0 bridgehead atoms. The molecule has 1 fully saturated rings. The second-order valence-electron chi connectivity index (χ2n) is 8.66. The van der Waals surface area contributed by atoms with Crippen molar-refractivity contribution in [1.82, 2.24) is 5.32 Å². The van der Waals surface area contributed by atoms with Gasteiger partial charge in [0.25, 0.3) is 0 Å². The van der Waals surface area contributed by atoms with Crippen LogP contribution in [0.15, 0.2) is 42.5 Å². The lowest BCUT2D eigenvalue weighted by molar-refractivity contribution is -0.0840. The smallest absolute Gasteiger partial charge is 0.161 e. The molecule has 1 atom stereocenters. The summed E-state index contributed by atoms with van der Waals surface area (Å²) in [6, 6.07) is 14.6. The minimum atomic E-state index is -0.123. The Morgan fingerprint density at radius 1 is 0.933 bits per heavy atom. The Hall–Kier alpha value is -2.24. The summed E-state index contributed by atoms with van der Waals surface area (Å²) in [5, 5.41) is 3.62. The summed E-state index contributed by atoms with van der Waals surface area (Å²) in [7, 11) is 5.03. The van der Waals surface area contributed by atoms with Crippen LogP contribution in [-0.2, 0) is 16.7 Å². The van der Waals surface area contributed by atoms with Crippen LogP contribution in [-0.4, -0.2) is 40.1 Å². The fourth-order valence-electron chi connectivity index (χ4n) is 4.58. The first-order valence-corrected chi connectivity index (χ1v) is 10.6. The van der Waals surface area contributed by atoms with Crippen LogP contribution in [0.1, 0.15) is 44.2 Å². The molecule has 0 aromatic heterocycles. The highest BCUT2D eigenvalue weighted by Crippen LogP contribution is 2.44. The van der Waals surface area contributed by atoms with E-state index in [1.54, 1.807) is 21.3 Å². The molecule has 30 heavy (non-hydrogen) atoms. The van der Waals surface area contributed by atoms with E-state index in [1.807, 2.05) is 12.1 Å². The van der Waals surface area contributed by atoms with E-state index in [1.165, 1.54) is 11.1 Å². The molecule has 0 spiro atoms. The molecule has 164 valence electrons. The molecule has 1 unspecified atom stereocenters. The number of methoxy groups -OCH3 is 3. The van der Waals surface area contributed by atoms with Crippen LogP contribution in [0, 0.1) is 0 Å². The Labute approximate surface area is 180 Å². The lowest BCUT2D eigenvalue weighted by atomic mass is 9.67. The zero-order chi connectivity index (χ0) is 21.6. The van der Waals surface area contributed by atoms with Crippen molar-refractivity contribution < 1.29 is 18.9 Å². The van der Waals surface area contributed by atoms with E-state index >= 15 is 0 Å². The van der Waals surface area contributed by atoms with Gasteiger partial charge in [0.1, 0.15) is 5.75 Å². The molecule has 1 N–H and O–H groups in total. The molecule has 0 amide bonds. The third kappa shape index (κ3) is 5.27. The standard InChI is InChI=1S/C25H35NO4/c1-24(2)18-25(13-15-30-24,20-7-9-21(27-3)10-8-20)12-14-26-17-19-6-11-22(28-4)23(16-19)29-5/h6-11,16,26H,12-15,17-18H2,1-5H3. The summed E-state index contributed by atoms with van der Waals surface area (Å²) >= 11 is 0. The number of rotatable bonds is 9. The number of benzene rings is 2. The molecule has 5 heteroatoms. The average molecular weight is 414 g/mol. The zero-order valence-electron chi connectivity index (χ0n) is 18.9. The predicted molar refractivity (Wildman–Crippen MR) is 120 cm³/mol. The van der Waals surface area contributed by atoms with Gasteiger partial charge >= 0.3 is 0 Å². The maximum Gasteiger partial charge on any atom is 0.161 e. The van der Waals surface area contributed by atoms with Gasteiger partial charge < -0.3 is 24.3 Å². The number of hydrogen-bond acceptors (Lipinski definition) is 5. The lowest BCUT2D eigenvalue weighted by Crippen LogP contribution is -2.45. The maximum absolute atomic E-state index is 6.04. The second kappa shape index (κ2) is 9.71. The number of ether oxygens (including phenoxy) is 4. The normalized spacial score (nSPS) is 20.6. The molecule has 1 saturated heterocycles. The number of nitrogens with one attached hydrogen (secondary N) is 1. The van der Waals surface area contributed by atoms with E-state index in [2.05, 4.69) is 49.5 Å². The third-order valence-corrected chi connectivity index (χ3v) is 6.10. The van der Waals surface area contributed by atoms with E-state index in [-0.39, 0.29) is 11.0 Å². The fraction of sp³-hybridized carbons (Fsp3) is 0.520. The van der Waals surface area contributed by atoms with Crippen LogP contribution < -0.4 is 19.5 Å². The molecular weight excluding hydrogens is 378 g/mol. The summed E-state index contributed by atoms with van der Waals surface area (Å²) in [5.74, 6) is 2.41. The maximum atomic E-state index is 6.04. The molecule has 5 nitrogen and oxygen atoms in total. The Kier molecular flexibility index (Phi) is 7.27. The highest BCUT2D eigenvalue weighted by molar-refractivity contribution is 5.42. The molecule has 3 rings (SSSR count). The van der Waals surface area contributed by atoms with Crippen LogP contribution in [0.25, 0.3) is 0 Å². The molecule has 0 radical (unpaired) electrons. The van der Waals surface area contributed by atoms with Crippen LogP contribution in [0.5, 0.6) is 17.2 Å². The van der Waals surface area contributed by atoms with Gasteiger partial charge in [0.2, 0.25) is 0 Å². The summed E-state index contributed by atoms with van der Waals surface area (Å²) < 4.78 is 22.1. The van der Waals surface area contributed by atoms with Crippen molar-refractivity contribution in [3.63, 3.8) is 0 Å². The van der Waals surface area contributed by atoms with Gasteiger partial charge in [-0.2, -0.15) is 0 Å². The first kappa shape index (κ1) is 22.4. The highest BCUT2D eigenvalue weighted by Gasteiger charge is 2.41. The fourth-order valence-corrected chi connectivity index (χ4v) is 4.58. The Bertz CT molecular complexity index is 818. The Morgan fingerprint density at radius 2 is 1.67 bits per heavy atom. The van der Waals surface area contributed by atoms with Gasteiger partial charge in [0.05, 0.1) is 26.9 Å². The van der Waals surface area contributed by atoms with Crippen LogP contribution in [0.2, 0.25) is 0 Å². The quantitative estimate of drug-likeness (QED) is 0.603. The van der Waals surface area contributed by atoms with Gasteiger partial charge in [-0.3, -0.25) is 0 Å². The monoisotopic (exact) mass is 413 g/mol. The second-order valence-corrected chi connectivity index (χ2v) is 8.66. The van der Waals surface area contributed by atoms with E-state index in [0.717, 1.165) is 56.2 Å². The Morgan fingerprint density at radius 3 is 2.30 bits per heavy atom. The van der Waals surface area contributed by atoms with Crippen molar-refractivity contribution >= 4 is 0 Å². The lowest BCUT2D eigenvalue weighted by Gasteiger charge is -2.45. The van der Waals surface area contributed by atoms with Crippen LogP contribution in [0.3, 0.4) is 0 Å². The van der Waals surface area contributed by atoms with Gasteiger partial charge in [-0.25, -0.2) is 0 Å². The van der Waals surface area contributed by atoms with Crippen LogP contribution in [0.4, 0.5) is 0 Å². The summed E-state index contributed by atoms with van der Waals surface area (Å²) in [6.45, 7) is 6.90. The average Bonchev–Trinajstić information content (AvgIpc) is 2.76. The topological polar surface area (TPSA) is 49.0 Å². The molecule has 1 aliphatic rings. The van der Waals surface area contributed by atoms with Gasteiger partial charge in [-0.15, -0.1) is 0 Å². The summed E-state index contributed by atoms with van der Waals surface area (Å²) in [4.78, 5) is 0. The predicted octanol–water partition coefficient (Wildman–Crippen LogP) is 4.72. The minimum Gasteiger partial charge on any atom is -0.497 e. The van der Waals surface area contributed by atoms with Crippen molar-refractivity contribution in [3.8, 4) is 17.2 Å². The van der Waals surface area contributed by atoms with Crippen molar-refractivity contribution in [3.05, 3.63) is 53.6 Å². The van der Waals surface area contributed by atoms with Crippen molar-refractivity contribution in [2.75, 3.05) is 34.5 Å². The van der Waals surface area contributed by atoms with Gasteiger partial charge in [0, 0.05) is 18.6 Å². The van der Waals surface area contributed by atoms with E-state index < -0.39 is 0 Å². The summed E-state index contributed by atoms with van der Waals surface area (Å²) in [5.41, 5.74) is 2.52. The molecule has 0 aliphatic carbocycles. The minimum absolute atomic E-state index is 0.0959. The molecule has 1 aliphatic heterocycles. The zero-order valence-corrected chi connectivity index (χ0v) is 18.9. The molecule has 2 aromatic rings. The molecule has 0 saturated carbocycles. The SMILES string of the molecule is COc1ccc(C2(CCNCc3ccc(OC)c(OC)c3)CCOC(C)(C)C2)cc1. The first-order valence-electron chi connectivity index (χ1n) is 10.6. The van der Waals surface area contributed by atoms with Crippen molar-refractivity contribution in [2.45, 2.75) is 50.7 Å². The third-order valence-electron chi connectivity index (χ3n) is 6.10. The Balaban J connectivity index is 1.68. The molecule has 2 aromatic carbocycles. The first-order chi connectivity index (χ1) is 14.4. The number of hydrogen-bond donors (Lipinski definition) is 1. The molecule has 1 heterocycles. The van der Waals surface area contributed by atoms with E-state index in [9.17, 15) is 0 Å². The largest absolute Gasteiger partial charge is 0.497 e. The van der Waals surface area contributed by atoms with Crippen molar-refractivity contribution in [1.29, 1.82) is 0 Å². The van der Waals surface area contributed by atoms with Crippen LogP contribution >= 0.6 is 0 Å². The van der Waals surface area contributed by atoms with Gasteiger partial charge in [-0.1, -0.05) is 18.2 Å². The van der Waals surface area contributed by atoms with Crippen molar-refractivity contribution in [2.24, 2.45) is 0 Å². The summed E-state index contributed by atoms with van der Waals surface area (Å²) in [6.07, 6.45) is 3.09. The molecular formula is C25H35NO4. The van der Waals surface area contributed by atoms with Gasteiger partial charge in [0.15, 0.2) is 11.5 Å². The van der Waals surface area contributed by atoms with Gasteiger partial charge in [-0.05, 0) is 75.0 Å². The van der Waals surface area contributed by atoms with E-state index in [4.69, 9.17) is 18.9 Å². The highest BCUT2D eigenvalue weighted by atomic mass is 16.5. The van der Waals surface area contributed by atoms with E-state index in [0.29, 0.717) is 0 Å².